The van der Waals surface area contributed by atoms with Gasteiger partial charge in [-0.25, -0.2) is 4.79 Å². The molecular formula is C36H35N5O7. The molecule has 0 fully saturated rings. The smallest absolute Gasteiger partial charge is 0.408 e. The van der Waals surface area contributed by atoms with Crippen LogP contribution < -0.4 is 26.0 Å². The molecule has 3 aliphatic rings. The number of ketones is 1. The average molecular weight is 650 g/mol. The lowest BCUT2D eigenvalue weighted by Crippen LogP contribution is -2.52. The number of hydrogen-bond acceptors (Lipinski definition) is 8. The Morgan fingerprint density at radius 3 is 2.31 bits per heavy atom. The maximum atomic E-state index is 13.7. The van der Waals surface area contributed by atoms with Gasteiger partial charge in [-0.3, -0.25) is 24.2 Å². The Hall–Kier alpha value is -6.04. The molecule has 0 spiro atoms. The van der Waals surface area contributed by atoms with Gasteiger partial charge in [0.15, 0.2) is 11.5 Å². The van der Waals surface area contributed by atoms with Crippen molar-refractivity contribution in [2.45, 2.75) is 44.9 Å². The van der Waals surface area contributed by atoms with Crippen molar-refractivity contribution in [3.05, 3.63) is 120 Å². The minimum atomic E-state index is -1.19. The summed E-state index contributed by atoms with van der Waals surface area (Å²) in [6.07, 6.45) is 0.733. The van der Waals surface area contributed by atoms with Crippen LogP contribution in [0.4, 0.5) is 10.5 Å². The molecule has 12 nitrogen and oxygen atoms in total. The van der Waals surface area contributed by atoms with E-state index in [4.69, 9.17) is 9.47 Å². The van der Waals surface area contributed by atoms with Crippen LogP contribution in [0.5, 0.6) is 11.5 Å². The number of Topliss-reactive ketones (excluding diaryl/α,β-unsaturated/α-hetero) is 1. The fourth-order valence-corrected chi connectivity index (χ4v) is 4.85. The molecule has 12 heteroatoms. The lowest BCUT2D eigenvalue weighted by Gasteiger charge is -2.25. The number of alkyl carbamates (subject to hydrolysis) is 1. The summed E-state index contributed by atoms with van der Waals surface area (Å²) in [6, 6.07) is 22.5. The zero-order chi connectivity index (χ0) is 34.3. The van der Waals surface area contributed by atoms with Crippen LogP contribution in [0.15, 0.2) is 97.2 Å². The van der Waals surface area contributed by atoms with Gasteiger partial charge in [0.2, 0.25) is 11.8 Å². The minimum Gasteiger partial charge on any atom is -0.455 e. The standard InChI is InChI=1S/C36H35N5O7/c1-36(2,3)48-35(46)40-28-19-22-12-15-25(16-13-22)47-30-17-14-24(20-27(30)39-32(43)26-11-7-8-18-37-26)29(42)21-38-34(45)31(41-33(28)44)23-9-5-4-6-10-23/h4-18,20,28,31H,19,21H2,1-3H3,(H,38,45)(H,39,43)(H,40,46)(H,41,44)/t28-,31-/m0/s1. The number of rotatable bonds is 4. The number of nitrogens with zero attached hydrogens (tertiary/aromatic N) is 1. The van der Waals surface area contributed by atoms with Crippen molar-refractivity contribution in [1.29, 1.82) is 0 Å². The molecule has 4 aromatic rings. The average Bonchev–Trinajstić information content (AvgIpc) is 3.06. The van der Waals surface area contributed by atoms with Crippen LogP contribution in [0, 0.1) is 0 Å². The SMILES string of the molecule is CC(C)(C)OC(=O)N[C@H]1Cc2ccc(cc2)Oc2ccc(cc2NC(=O)c2ccccn2)C(=O)CNC(=O)[C@H](c2ccccc2)NC1=O. The molecule has 0 saturated carbocycles. The van der Waals surface area contributed by atoms with Crippen LogP contribution in [0.1, 0.15) is 58.8 Å². The van der Waals surface area contributed by atoms with E-state index in [0.717, 1.165) is 0 Å². The molecule has 4 bridgehead atoms. The second-order valence-electron chi connectivity index (χ2n) is 12.0. The molecule has 0 aliphatic carbocycles. The molecule has 48 heavy (non-hydrogen) atoms. The summed E-state index contributed by atoms with van der Waals surface area (Å²) < 4.78 is 11.5. The van der Waals surface area contributed by atoms with Gasteiger partial charge in [-0.2, -0.15) is 0 Å². The van der Waals surface area contributed by atoms with E-state index in [-0.39, 0.29) is 29.1 Å². The van der Waals surface area contributed by atoms with Gasteiger partial charge in [-0.1, -0.05) is 48.5 Å². The largest absolute Gasteiger partial charge is 0.455 e. The number of nitrogens with one attached hydrogen (secondary N) is 4. The Kier molecular flexibility index (Phi) is 10.1. The Morgan fingerprint density at radius 1 is 0.896 bits per heavy atom. The monoisotopic (exact) mass is 649 g/mol. The first-order chi connectivity index (χ1) is 22.9. The highest BCUT2D eigenvalue weighted by Crippen LogP contribution is 2.32. The number of fused-ring (bicyclic) bond motifs is 2. The zero-order valence-corrected chi connectivity index (χ0v) is 26.6. The Bertz CT molecular complexity index is 1810. The van der Waals surface area contributed by atoms with Gasteiger partial charge in [0, 0.05) is 18.2 Å². The number of carbonyl (C=O) groups excluding carboxylic acids is 5. The predicted molar refractivity (Wildman–Crippen MR) is 177 cm³/mol. The van der Waals surface area contributed by atoms with E-state index in [9.17, 15) is 24.0 Å². The van der Waals surface area contributed by atoms with Crippen molar-refractivity contribution in [3.63, 3.8) is 0 Å². The maximum absolute atomic E-state index is 13.7. The van der Waals surface area contributed by atoms with E-state index in [2.05, 4.69) is 26.3 Å². The lowest BCUT2D eigenvalue weighted by atomic mass is 10.0. The molecule has 3 aliphatic heterocycles. The first kappa shape index (κ1) is 33.3. The summed E-state index contributed by atoms with van der Waals surface area (Å²) >= 11 is 0. The van der Waals surface area contributed by atoms with Crippen LogP contribution in [-0.4, -0.2) is 52.8 Å². The van der Waals surface area contributed by atoms with Gasteiger partial charge in [0.05, 0.1) is 12.2 Å². The molecule has 246 valence electrons. The van der Waals surface area contributed by atoms with Crippen molar-refractivity contribution < 1.29 is 33.4 Å². The zero-order valence-electron chi connectivity index (χ0n) is 26.6. The minimum absolute atomic E-state index is 0.0487. The molecule has 0 unspecified atom stereocenters. The Morgan fingerprint density at radius 2 is 1.62 bits per heavy atom. The predicted octanol–water partition coefficient (Wildman–Crippen LogP) is 4.73. The van der Waals surface area contributed by atoms with Gasteiger partial charge in [-0.05, 0) is 74.4 Å². The summed E-state index contributed by atoms with van der Waals surface area (Å²) in [7, 11) is 0. The first-order valence-corrected chi connectivity index (χ1v) is 15.2. The van der Waals surface area contributed by atoms with Crippen molar-refractivity contribution in [2.75, 3.05) is 11.9 Å². The van der Waals surface area contributed by atoms with Gasteiger partial charge in [0.25, 0.3) is 5.91 Å². The molecule has 1 aromatic heterocycles. The quantitative estimate of drug-likeness (QED) is 0.246. The van der Waals surface area contributed by atoms with E-state index in [0.29, 0.717) is 16.9 Å². The molecule has 4 amide bonds. The molecule has 4 heterocycles. The molecule has 0 saturated heterocycles. The van der Waals surface area contributed by atoms with E-state index in [1.165, 1.54) is 18.3 Å². The third kappa shape index (κ3) is 8.81. The molecule has 4 N–H and O–H groups in total. The van der Waals surface area contributed by atoms with Crippen molar-refractivity contribution in [3.8, 4) is 11.5 Å². The summed E-state index contributed by atoms with van der Waals surface area (Å²) in [4.78, 5) is 70.5. The third-order valence-electron chi connectivity index (χ3n) is 7.15. The number of hydrogen-bond donors (Lipinski definition) is 4. The molecule has 0 radical (unpaired) electrons. The Labute approximate surface area is 277 Å². The summed E-state index contributed by atoms with van der Waals surface area (Å²) in [5.41, 5.74) is 0.884. The van der Waals surface area contributed by atoms with Crippen LogP contribution >= 0.6 is 0 Å². The van der Waals surface area contributed by atoms with E-state index < -0.39 is 53.8 Å². The second kappa shape index (κ2) is 14.6. The van der Waals surface area contributed by atoms with Gasteiger partial charge < -0.3 is 30.7 Å². The van der Waals surface area contributed by atoms with E-state index in [1.807, 2.05) is 0 Å². The molecule has 2 atom stereocenters. The first-order valence-electron chi connectivity index (χ1n) is 15.2. The maximum Gasteiger partial charge on any atom is 0.408 e. The van der Waals surface area contributed by atoms with Gasteiger partial charge in [0.1, 0.15) is 29.1 Å². The number of carbonyl (C=O) groups is 5. The number of benzene rings is 3. The van der Waals surface area contributed by atoms with Crippen molar-refractivity contribution in [1.82, 2.24) is 20.9 Å². The number of anilines is 1. The van der Waals surface area contributed by atoms with E-state index in [1.54, 1.807) is 99.6 Å². The third-order valence-corrected chi connectivity index (χ3v) is 7.15. The number of pyridine rings is 1. The van der Waals surface area contributed by atoms with Crippen LogP contribution in [-0.2, 0) is 20.7 Å². The fourth-order valence-electron chi connectivity index (χ4n) is 4.85. The number of ether oxygens (including phenoxy) is 2. The number of amides is 4. The Balaban J connectivity index is 1.51. The lowest BCUT2D eigenvalue weighted by molar-refractivity contribution is -0.130. The highest BCUT2D eigenvalue weighted by atomic mass is 16.6. The molecule has 3 aromatic carbocycles. The highest BCUT2D eigenvalue weighted by molar-refractivity contribution is 6.06. The van der Waals surface area contributed by atoms with Gasteiger partial charge in [-0.15, -0.1) is 0 Å². The number of aromatic nitrogens is 1. The van der Waals surface area contributed by atoms with E-state index >= 15 is 0 Å². The second-order valence-corrected chi connectivity index (χ2v) is 12.0. The fraction of sp³-hybridized carbons (Fsp3) is 0.222. The topological polar surface area (TPSA) is 165 Å². The van der Waals surface area contributed by atoms with Crippen molar-refractivity contribution in [2.24, 2.45) is 0 Å². The molecular weight excluding hydrogens is 614 g/mol. The highest BCUT2D eigenvalue weighted by Gasteiger charge is 2.30. The van der Waals surface area contributed by atoms with Crippen LogP contribution in [0.3, 0.4) is 0 Å². The molecule has 7 rings (SSSR count). The van der Waals surface area contributed by atoms with Crippen LogP contribution in [0.25, 0.3) is 0 Å². The van der Waals surface area contributed by atoms with Gasteiger partial charge >= 0.3 is 6.09 Å². The van der Waals surface area contributed by atoms with Crippen LogP contribution in [0.2, 0.25) is 0 Å². The van der Waals surface area contributed by atoms with Crippen molar-refractivity contribution >= 4 is 35.3 Å². The summed E-state index contributed by atoms with van der Waals surface area (Å²) in [5, 5.41) is 10.8. The normalized spacial score (nSPS) is 16.9. The summed E-state index contributed by atoms with van der Waals surface area (Å²) in [6.45, 7) is 4.70. The summed E-state index contributed by atoms with van der Waals surface area (Å²) in [5.74, 6) is -1.60.